The average molecular weight is 203 g/mol. The molecule has 0 aromatic heterocycles. The van der Waals surface area contributed by atoms with Crippen LogP contribution in [0.25, 0.3) is 0 Å². The van der Waals surface area contributed by atoms with Crippen molar-refractivity contribution in [1.82, 2.24) is 0 Å². The molecule has 0 spiro atoms. The second-order valence-electron chi connectivity index (χ2n) is 3.65. The normalized spacial score (nSPS) is 30.0. The fraction of sp³-hybridized carbons (Fsp3) is 0.167. The molecule has 2 unspecified atom stereocenters. The highest BCUT2D eigenvalue weighted by Crippen LogP contribution is 2.32. The Balaban J connectivity index is 2.40. The standard InChI is InChI=1S/C12H13NO2/c13-12(15)10(7-4-8-11(12)14)9-5-2-1-3-6-9/h1-8,10,14-15H,13H2. The highest BCUT2D eigenvalue weighted by molar-refractivity contribution is 5.36. The van der Waals surface area contributed by atoms with Crippen molar-refractivity contribution in [1.29, 1.82) is 0 Å². The third-order valence-electron chi connectivity index (χ3n) is 2.60. The van der Waals surface area contributed by atoms with E-state index in [-0.39, 0.29) is 5.76 Å². The van der Waals surface area contributed by atoms with Gasteiger partial charge in [0.15, 0.2) is 5.72 Å². The van der Waals surface area contributed by atoms with Crippen LogP contribution in [0.15, 0.2) is 54.3 Å². The van der Waals surface area contributed by atoms with E-state index in [0.717, 1.165) is 5.56 Å². The van der Waals surface area contributed by atoms with E-state index in [4.69, 9.17) is 5.73 Å². The largest absolute Gasteiger partial charge is 0.508 e. The molecule has 1 aliphatic carbocycles. The Labute approximate surface area is 88.2 Å². The van der Waals surface area contributed by atoms with Crippen molar-refractivity contribution in [2.24, 2.45) is 5.73 Å². The summed E-state index contributed by atoms with van der Waals surface area (Å²) < 4.78 is 0. The number of aliphatic hydroxyl groups is 2. The predicted octanol–water partition coefficient (Wildman–Crippen LogP) is 1.43. The van der Waals surface area contributed by atoms with Crippen LogP contribution >= 0.6 is 0 Å². The van der Waals surface area contributed by atoms with Crippen molar-refractivity contribution in [3.63, 3.8) is 0 Å². The van der Waals surface area contributed by atoms with Gasteiger partial charge in [-0.25, -0.2) is 0 Å². The minimum absolute atomic E-state index is 0.209. The maximum Gasteiger partial charge on any atom is 0.182 e. The molecule has 0 fully saturated rings. The number of aliphatic hydroxyl groups excluding tert-OH is 1. The Morgan fingerprint density at radius 1 is 1.20 bits per heavy atom. The summed E-state index contributed by atoms with van der Waals surface area (Å²) in [5.74, 6) is -0.623. The summed E-state index contributed by atoms with van der Waals surface area (Å²) in [5.41, 5.74) is 4.84. The molecule has 0 heterocycles. The van der Waals surface area contributed by atoms with E-state index in [2.05, 4.69) is 0 Å². The zero-order chi connectivity index (χ0) is 10.9. The molecule has 1 aliphatic rings. The average Bonchev–Trinajstić information content (AvgIpc) is 2.23. The summed E-state index contributed by atoms with van der Waals surface area (Å²) in [6, 6.07) is 9.36. The second kappa shape index (κ2) is 3.53. The third kappa shape index (κ3) is 1.67. The van der Waals surface area contributed by atoms with Crippen LogP contribution in [0.2, 0.25) is 0 Å². The molecule has 15 heavy (non-hydrogen) atoms. The monoisotopic (exact) mass is 203 g/mol. The predicted molar refractivity (Wildman–Crippen MR) is 58.2 cm³/mol. The van der Waals surface area contributed by atoms with Crippen LogP contribution in [0.3, 0.4) is 0 Å². The Kier molecular flexibility index (Phi) is 2.34. The van der Waals surface area contributed by atoms with Crippen LogP contribution in [-0.4, -0.2) is 15.9 Å². The minimum Gasteiger partial charge on any atom is -0.508 e. The molecule has 0 amide bonds. The van der Waals surface area contributed by atoms with Crippen LogP contribution in [-0.2, 0) is 0 Å². The number of rotatable bonds is 1. The molecule has 2 atom stereocenters. The van der Waals surface area contributed by atoms with Gasteiger partial charge in [0.2, 0.25) is 0 Å². The number of allylic oxidation sites excluding steroid dienone is 2. The van der Waals surface area contributed by atoms with Gasteiger partial charge in [0.1, 0.15) is 5.76 Å². The van der Waals surface area contributed by atoms with Crippen molar-refractivity contribution in [3.8, 4) is 0 Å². The van der Waals surface area contributed by atoms with Gasteiger partial charge in [0, 0.05) is 0 Å². The molecule has 3 heteroatoms. The first-order chi connectivity index (χ1) is 7.12. The summed E-state index contributed by atoms with van der Waals surface area (Å²) in [4.78, 5) is 0. The van der Waals surface area contributed by atoms with Gasteiger partial charge in [0.25, 0.3) is 0 Å². The lowest BCUT2D eigenvalue weighted by Crippen LogP contribution is -2.47. The number of nitrogens with two attached hydrogens (primary N) is 1. The number of hydrogen-bond acceptors (Lipinski definition) is 3. The van der Waals surface area contributed by atoms with E-state index in [1.165, 1.54) is 6.08 Å². The fourth-order valence-electron chi connectivity index (χ4n) is 1.72. The molecule has 0 saturated carbocycles. The lowest BCUT2D eigenvalue weighted by Gasteiger charge is -2.32. The summed E-state index contributed by atoms with van der Waals surface area (Å²) >= 11 is 0. The molecular weight excluding hydrogens is 190 g/mol. The van der Waals surface area contributed by atoms with E-state index < -0.39 is 11.6 Å². The van der Waals surface area contributed by atoms with Crippen LogP contribution in [0, 0.1) is 0 Å². The van der Waals surface area contributed by atoms with Gasteiger partial charge in [-0.1, -0.05) is 42.5 Å². The Bertz CT molecular complexity index is 407. The van der Waals surface area contributed by atoms with Gasteiger partial charge >= 0.3 is 0 Å². The van der Waals surface area contributed by atoms with Crippen molar-refractivity contribution in [3.05, 3.63) is 59.9 Å². The molecular formula is C12H13NO2. The zero-order valence-electron chi connectivity index (χ0n) is 8.17. The lowest BCUT2D eigenvalue weighted by atomic mass is 9.84. The minimum atomic E-state index is -1.71. The van der Waals surface area contributed by atoms with Crippen molar-refractivity contribution in [2.45, 2.75) is 11.6 Å². The Morgan fingerprint density at radius 2 is 1.87 bits per heavy atom. The molecule has 78 valence electrons. The zero-order valence-corrected chi connectivity index (χ0v) is 8.17. The lowest BCUT2D eigenvalue weighted by molar-refractivity contribution is 0.0262. The Morgan fingerprint density at radius 3 is 2.53 bits per heavy atom. The molecule has 2 rings (SSSR count). The van der Waals surface area contributed by atoms with Crippen LogP contribution < -0.4 is 5.73 Å². The molecule has 4 N–H and O–H groups in total. The van der Waals surface area contributed by atoms with Crippen LogP contribution in [0.1, 0.15) is 11.5 Å². The van der Waals surface area contributed by atoms with Gasteiger partial charge in [-0.15, -0.1) is 0 Å². The van der Waals surface area contributed by atoms with Gasteiger partial charge in [-0.2, -0.15) is 0 Å². The maximum absolute atomic E-state index is 9.96. The molecule has 0 saturated heterocycles. The summed E-state index contributed by atoms with van der Waals surface area (Å²) in [7, 11) is 0. The maximum atomic E-state index is 9.96. The Hall–Kier alpha value is -1.58. The second-order valence-corrected chi connectivity index (χ2v) is 3.65. The molecule has 1 aromatic carbocycles. The molecule has 0 radical (unpaired) electrons. The summed E-state index contributed by atoms with van der Waals surface area (Å²) in [5, 5.41) is 19.5. The number of hydrogen-bond donors (Lipinski definition) is 3. The van der Waals surface area contributed by atoms with E-state index in [0.29, 0.717) is 0 Å². The van der Waals surface area contributed by atoms with E-state index in [1.807, 2.05) is 30.3 Å². The van der Waals surface area contributed by atoms with Gasteiger partial charge in [0.05, 0.1) is 5.92 Å². The van der Waals surface area contributed by atoms with Gasteiger partial charge in [-0.3, -0.25) is 5.73 Å². The van der Waals surface area contributed by atoms with Crippen LogP contribution in [0.5, 0.6) is 0 Å². The number of benzene rings is 1. The fourth-order valence-corrected chi connectivity index (χ4v) is 1.72. The molecule has 1 aromatic rings. The van der Waals surface area contributed by atoms with Crippen LogP contribution in [0.4, 0.5) is 0 Å². The first-order valence-electron chi connectivity index (χ1n) is 4.76. The van der Waals surface area contributed by atoms with E-state index in [9.17, 15) is 10.2 Å². The quantitative estimate of drug-likeness (QED) is 0.605. The van der Waals surface area contributed by atoms with Crippen molar-refractivity contribution in [2.75, 3.05) is 0 Å². The summed E-state index contributed by atoms with van der Waals surface area (Å²) in [6.45, 7) is 0. The van der Waals surface area contributed by atoms with Crippen molar-refractivity contribution >= 4 is 0 Å². The molecule has 0 aliphatic heterocycles. The van der Waals surface area contributed by atoms with Gasteiger partial charge < -0.3 is 10.2 Å². The first kappa shape index (κ1) is 9.96. The molecule has 3 nitrogen and oxygen atoms in total. The third-order valence-corrected chi connectivity index (χ3v) is 2.60. The SMILES string of the molecule is NC1(O)C(O)=CC=CC1c1ccccc1. The summed E-state index contributed by atoms with van der Waals surface area (Å²) in [6.07, 6.45) is 4.86. The van der Waals surface area contributed by atoms with E-state index in [1.54, 1.807) is 12.2 Å². The topological polar surface area (TPSA) is 66.5 Å². The van der Waals surface area contributed by atoms with Gasteiger partial charge in [-0.05, 0) is 11.6 Å². The first-order valence-corrected chi connectivity index (χ1v) is 4.76. The van der Waals surface area contributed by atoms with Crippen molar-refractivity contribution < 1.29 is 10.2 Å². The smallest absolute Gasteiger partial charge is 0.182 e. The van der Waals surface area contributed by atoms with E-state index >= 15 is 0 Å². The molecule has 0 bridgehead atoms. The highest BCUT2D eigenvalue weighted by atomic mass is 16.3. The highest BCUT2D eigenvalue weighted by Gasteiger charge is 2.37.